The van der Waals surface area contributed by atoms with E-state index < -0.39 is 0 Å². The second-order valence-corrected chi connectivity index (χ2v) is 6.27. The molecule has 0 unspecified atom stereocenters. The van der Waals surface area contributed by atoms with Crippen LogP contribution in [0.1, 0.15) is 85.5 Å². The molecule has 0 bridgehead atoms. The van der Waals surface area contributed by atoms with Crippen LogP contribution in [-0.2, 0) is 4.79 Å². The molecule has 0 aliphatic carbocycles. The molecule has 0 radical (unpaired) electrons. The van der Waals surface area contributed by atoms with Crippen LogP contribution >= 0.6 is 0 Å². The smallest absolute Gasteiger partial charge is 0.216 e. The molecule has 18 heavy (non-hydrogen) atoms. The van der Waals surface area contributed by atoms with Gasteiger partial charge in [-0.25, -0.2) is 0 Å². The summed E-state index contributed by atoms with van der Waals surface area (Å²) in [7, 11) is 0. The third-order valence-electron chi connectivity index (χ3n) is 3.61. The molecule has 0 aromatic carbocycles. The largest absolute Gasteiger partial charge is 0.356 e. The fourth-order valence-corrected chi connectivity index (χ4v) is 2.33. The van der Waals surface area contributed by atoms with Gasteiger partial charge < -0.3 is 5.32 Å². The Morgan fingerprint density at radius 2 is 1.50 bits per heavy atom. The molecule has 0 saturated heterocycles. The molecule has 2 nitrogen and oxygen atoms in total. The average molecular weight is 255 g/mol. The van der Waals surface area contributed by atoms with Crippen molar-refractivity contribution < 1.29 is 4.79 Å². The topological polar surface area (TPSA) is 29.1 Å². The lowest BCUT2D eigenvalue weighted by Gasteiger charge is -2.24. The van der Waals surface area contributed by atoms with E-state index in [-0.39, 0.29) is 5.91 Å². The predicted octanol–water partition coefficient (Wildman–Crippen LogP) is 4.68. The van der Waals surface area contributed by atoms with E-state index in [2.05, 4.69) is 26.1 Å². The van der Waals surface area contributed by atoms with Crippen LogP contribution in [0.2, 0.25) is 0 Å². The lowest BCUT2D eigenvalue weighted by molar-refractivity contribution is -0.118. The van der Waals surface area contributed by atoms with E-state index in [1.54, 1.807) is 6.92 Å². The number of hydrogen-bond donors (Lipinski definition) is 1. The van der Waals surface area contributed by atoms with Crippen LogP contribution in [0.15, 0.2) is 0 Å². The van der Waals surface area contributed by atoms with E-state index >= 15 is 0 Å². The van der Waals surface area contributed by atoms with E-state index in [0.29, 0.717) is 5.41 Å². The number of unbranched alkanes of at least 4 members (excludes halogenated alkanes) is 5. The van der Waals surface area contributed by atoms with Crippen LogP contribution in [0.25, 0.3) is 0 Å². The zero-order chi connectivity index (χ0) is 13.9. The van der Waals surface area contributed by atoms with Gasteiger partial charge in [-0.3, -0.25) is 4.79 Å². The molecule has 0 atom stereocenters. The Morgan fingerprint density at radius 3 is 2.06 bits per heavy atom. The molecule has 108 valence electrons. The van der Waals surface area contributed by atoms with Crippen molar-refractivity contribution in [2.45, 2.75) is 85.5 Å². The van der Waals surface area contributed by atoms with Gasteiger partial charge >= 0.3 is 0 Å². The zero-order valence-electron chi connectivity index (χ0n) is 13.0. The quantitative estimate of drug-likeness (QED) is 0.534. The standard InChI is InChI=1S/C16H33NO/c1-5-6-7-8-9-12-16(3,4)13-10-11-14-17-15(2)18/h5-14H2,1-4H3,(H,17,18). The van der Waals surface area contributed by atoms with Gasteiger partial charge in [-0.15, -0.1) is 0 Å². The van der Waals surface area contributed by atoms with Crippen LogP contribution in [0.3, 0.4) is 0 Å². The van der Waals surface area contributed by atoms with E-state index in [1.165, 1.54) is 51.4 Å². The molecule has 1 amide bonds. The first kappa shape index (κ1) is 17.5. The molecular formula is C16H33NO. The van der Waals surface area contributed by atoms with Crippen LogP contribution in [0.5, 0.6) is 0 Å². The van der Waals surface area contributed by atoms with Gasteiger partial charge in [-0.1, -0.05) is 59.3 Å². The van der Waals surface area contributed by atoms with Crippen molar-refractivity contribution in [1.82, 2.24) is 5.32 Å². The molecule has 0 saturated carbocycles. The Kier molecular flexibility index (Phi) is 10.1. The van der Waals surface area contributed by atoms with Crippen LogP contribution in [0.4, 0.5) is 0 Å². The van der Waals surface area contributed by atoms with Crippen molar-refractivity contribution in [3.63, 3.8) is 0 Å². The number of hydrogen-bond acceptors (Lipinski definition) is 1. The molecule has 0 spiro atoms. The van der Waals surface area contributed by atoms with Gasteiger partial charge in [0.2, 0.25) is 5.91 Å². The van der Waals surface area contributed by atoms with Crippen molar-refractivity contribution in [2.75, 3.05) is 6.54 Å². The van der Waals surface area contributed by atoms with Crippen LogP contribution in [-0.4, -0.2) is 12.5 Å². The monoisotopic (exact) mass is 255 g/mol. The van der Waals surface area contributed by atoms with Crippen molar-refractivity contribution in [3.05, 3.63) is 0 Å². The molecule has 0 aromatic rings. The molecule has 0 aromatic heterocycles. The van der Waals surface area contributed by atoms with Gasteiger partial charge in [-0.2, -0.15) is 0 Å². The van der Waals surface area contributed by atoms with Crippen LogP contribution < -0.4 is 5.32 Å². The summed E-state index contributed by atoms with van der Waals surface area (Å²) >= 11 is 0. The molecular weight excluding hydrogens is 222 g/mol. The van der Waals surface area contributed by atoms with Crippen molar-refractivity contribution in [2.24, 2.45) is 5.41 Å². The number of rotatable bonds is 11. The number of nitrogens with one attached hydrogen (secondary N) is 1. The predicted molar refractivity (Wildman–Crippen MR) is 79.7 cm³/mol. The summed E-state index contributed by atoms with van der Waals surface area (Å²) in [5.74, 6) is 0.0881. The second kappa shape index (κ2) is 10.4. The van der Waals surface area contributed by atoms with Crippen molar-refractivity contribution >= 4 is 5.91 Å². The van der Waals surface area contributed by atoms with Gasteiger partial charge in [0.1, 0.15) is 0 Å². The maximum atomic E-state index is 10.7. The minimum absolute atomic E-state index is 0.0881. The second-order valence-electron chi connectivity index (χ2n) is 6.27. The van der Waals surface area contributed by atoms with Gasteiger partial charge in [0.05, 0.1) is 0 Å². The fourth-order valence-electron chi connectivity index (χ4n) is 2.33. The minimum Gasteiger partial charge on any atom is -0.356 e. The van der Waals surface area contributed by atoms with Crippen molar-refractivity contribution in [3.8, 4) is 0 Å². The Hall–Kier alpha value is -0.530. The molecule has 0 fully saturated rings. The highest BCUT2D eigenvalue weighted by molar-refractivity contribution is 5.72. The van der Waals surface area contributed by atoms with Gasteiger partial charge in [0, 0.05) is 13.5 Å². The minimum atomic E-state index is 0.0881. The summed E-state index contributed by atoms with van der Waals surface area (Å²) in [5, 5.41) is 2.86. The molecule has 0 heterocycles. The third-order valence-corrected chi connectivity index (χ3v) is 3.61. The van der Waals surface area contributed by atoms with Crippen LogP contribution in [0, 0.1) is 5.41 Å². The highest BCUT2D eigenvalue weighted by Crippen LogP contribution is 2.29. The first-order chi connectivity index (χ1) is 8.48. The summed E-state index contributed by atoms with van der Waals surface area (Å²) < 4.78 is 0. The van der Waals surface area contributed by atoms with Gasteiger partial charge in [0.15, 0.2) is 0 Å². The summed E-state index contributed by atoms with van der Waals surface area (Å²) in [6, 6.07) is 0. The summed E-state index contributed by atoms with van der Waals surface area (Å²) in [5.41, 5.74) is 0.475. The molecule has 0 rings (SSSR count). The van der Waals surface area contributed by atoms with E-state index in [4.69, 9.17) is 0 Å². The Labute approximate surface area is 114 Å². The number of amides is 1. The molecule has 0 aliphatic heterocycles. The lowest BCUT2D eigenvalue weighted by Crippen LogP contribution is -2.21. The first-order valence-electron chi connectivity index (χ1n) is 7.72. The Balaban J connectivity index is 3.45. The lowest BCUT2D eigenvalue weighted by atomic mass is 9.82. The number of carbonyl (C=O) groups excluding carboxylic acids is 1. The van der Waals surface area contributed by atoms with Gasteiger partial charge in [0.25, 0.3) is 0 Å². The van der Waals surface area contributed by atoms with E-state index in [0.717, 1.165) is 13.0 Å². The number of carbonyl (C=O) groups is 1. The average Bonchev–Trinajstić information content (AvgIpc) is 2.27. The maximum Gasteiger partial charge on any atom is 0.216 e. The highest BCUT2D eigenvalue weighted by Gasteiger charge is 2.16. The maximum absolute atomic E-state index is 10.7. The SMILES string of the molecule is CCCCCCCC(C)(C)CCCCNC(C)=O. The summed E-state index contributed by atoms with van der Waals surface area (Å²) in [6.07, 6.45) is 11.8. The molecule has 1 N–H and O–H groups in total. The normalized spacial score (nSPS) is 11.6. The highest BCUT2D eigenvalue weighted by atomic mass is 16.1. The summed E-state index contributed by atoms with van der Waals surface area (Å²) in [4.78, 5) is 10.7. The van der Waals surface area contributed by atoms with Crippen molar-refractivity contribution in [1.29, 1.82) is 0 Å². The Bertz CT molecular complexity index is 211. The Morgan fingerprint density at radius 1 is 0.944 bits per heavy atom. The fraction of sp³-hybridized carbons (Fsp3) is 0.938. The van der Waals surface area contributed by atoms with E-state index in [1.807, 2.05) is 0 Å². The first-order valence-corrected chi connectivity index (χ1v) is 7.72. The summed E-state index contributed by atoms with van der Waals surface area (Å²) in [6.45, 7) is 9.44. The molecule has 2 heteroatoms. The van der Waals surface area contributed by atoms with E-state index in [9.17, 15) is 4.79 Å². The zero-order valence-corrected chi connectivity index (χ0v) is 13.0. The van der Waals surface area contributed by atoms with Gasteiger partial charge in [-0.05, 0) is 24.7 Å². The molecule has 0 aliphatic rings. The third kappa shape index (κ3) is 11.9.